The second-order valence-electron chi connectivity index (χ2n) is 6.32. The molecule has 0 amide bonds. The van der Waals surface area contributed by atoms with Gasteiger partial charge in [-0.3, -0.25) is 0 Å². The fraction of sp³-hybridized carbons (Fsp3) is 0.130. The molecule has 0 saturated carbocycles. The van der Waals surface area contributed by atoms with E-state index in [9.17, 15) is 14.7 Å². The number of allylic oxidation sites excluding steroid dienone is 2. The van der Waals surface area contributed by atoms with Crippen LogP contribution in [0.1, 0.15) is 5.56 Å². The molecule has 2 aromatic rings. The molecule has 0 aliphatic carbocycles. The first kappa shape index (κ1) is 22.1. The van der Waals surface area contributed by atoms with E-state index in [1.165, 1.54) is 25.2 Å². The van der Waals surface area contributed by atoms with E-state index in [0.717, 1.165) is 0 Å². The first-order chi connectivity index (χ1) is 15.0. The normalized spacial score (nSPS) is 13.1. The zero-order valence-corrected chi connectivity index (χ0v) is 17.6. The highest BCUT2D eigenvalue weighted by molar-refractivity contribution is 6.30. The average molecular weight is 442 g/mol. The number of aliphatic hydroxyl groups is 1. The van der Waals surface area contributed by atoms with Crippen LogP contribution in [-0.4, -0.2) is 31.3 Å². The van der Waals surface area contributed by atoms with Crippen LogP contribution in [0.5, 0.6) is 11.5 Å². The number of carbonyl (C=O) groups is 2. The van der Waals surface area contributed by atoms with Crippen LogP contribution in [-0.2, 0) is 25.7 Å². The van der Waals surface area contributed by atoms with E-state index in [4.69, 9.17) is 25.8 Å². The topological polar surface area (TPSA) is 85.3 Å². The van der Waals surface area contributed by atoms with Crippen molar-refractivity contribution < 1.29 is 28.9 Å². The third-order valence-electron chi connectivity index (χ3n) is 4.42. The van der Waals surface area contributed by atoms with Crippen molar-refractivity contribution in [2.24, 2.45) is 0 Å². The van der Waals surface area contributed by atoms with Crippen LogP contribution < -0.4 is 9.64 Å². The van der Waals surface area contributed by atoms with Gasteiger partial charge in [0, 0.05) is 22.5 Å². The quantitative estimate of drug-likeness (QED) is 0.675. The number of ether oxygens (including phenoxy) is 3. The van der Waals surface area contributed by atoms with E-state index in [1.807, 2.05) is 0 Å². The summed E-state index contributed by atoms with van der Waals surface area (Å²) in [6, 6.07) is 11.8. The Morgan fingerprint density at radius 3 is 2.35 bits per heavy atom. The highest BCUT2D eigenvalue weighted by Gasteiger charge is 2.27. The molecule has 160 valence electrons. The van der Waals surface area contributed by atoms with Crippen LogP contribution in [0.25, 0.3) is 0 Å². The van der Waals surface area contributed by atoms with Crippen LogP contribution in [0.4, 0.5) is 5.69 Å². The zero-order chi connectivity index (χ0) is 22.4. The summed E-state index contributed by atoms with van der Waals surface area (Å²) < 4.78 is 15.6. The Morgan fingerprint density at radius 1 is 1.00 bits per heavy atom. The molecular weight excluding hydrogens is 422 g/mol. The molecule has 0 unspecified atom stereocenters. The van der Waals surface area contributed by atoms with Gasteiger partial charge in [-0.05, 0) is 54.6 Å². The van der Waals surface area contributed by atoms with Gasteiger partial charge >= 0.3 is 11.9 Å². The predicted molar refractivity (Wildman–Crippen MR) is 116 cm³/mol. The van der Waals surface area contributed by atoms with Crippen molar-refractivity contribution in [3.63, 3.8) is 0 Å². The highest BCUT2D eigenvalue weighted by atomic mass is 35.5. The molecule has 7 nitrogen and oxygen atoms in total. The van der Waals surface area contributed by atoms with Crippen LogP contribution in [0.3, 0.4) is 0 Å². The number of hydrogen-bond acceptors (Lipinski definition) is 7. The molecule has 0 atom stereocenters. The minimum absolute atomic E-state index is 0.0189. The fourth-order valence-electron chi connectivity index (χ4n) is 2.93. The molecular formula is C23H20ClNO6. The number of methoxy groups -OCH3 is 2. The summed E-state index contributed by atoms with van der Waals surface area (Å²) in [5.41, 5.74) is 0.997. The number of hydrogen-bond donors (Lipinski definition) is 1. The number of carbonyl (C=O) groups excluding carboxylic acids is 2. The van der Waals surface area contributed by atoms with Gasteiger partial charge in [-0.1, -0.05) is 17.7 Å². The lowest BCUT2D eigenvalue weighted by Crippen LogP contribution is -2.27. The van der Waals surface area contributed by atoms with Crippen molar-refractivity contribution in [1.82, 2.24) is 0 Å². The van der Waals surface area contributed by atoms with Crippen molar-refractivity contribution in [2.75, 3.05) is 19.1 Å². The Hall–Kier alpha value is -3.55. The standard InChI is InChI=1S/C23H20ClNO6/c1-29-22(27)19-5-3-4-12-25(21(19)23(28)30-2)17-8-11-20(15(13-17)14-26)31-18-9-6-16(24)7-10-18/h3-13,26H,14H2,1-2H3. The van der Waals surface area contributed by atoms with Gasteiger partial charge in [-0.2, -0.15) is 0 Å². The van der Waals surface area contributed by atoms with Crippen molar-refractivity contribution in [3.05, 3.63) is 88.7 Å². The van der Waals surface area contributed by atoms with Gasteiger partial charge in [-0.15, -0.1) is 0 Å². The smallest absolute Gasteiger partial charge is 0.355 e. The lowest BCUT2D eigenvalue weighted by molar-refractivity contribution is -0.139. The van der Waals surface area contributed by atoms with Gasteiger partial charge in [0.1, 0.15) is 17.2 Å². The summed E-state index contributed by atoms with van der Waals surface area (Å²) in [7, 11) is 2.45. The molecule has 8 heteroatoms. The van der Waals surface area contributed by atoms with Gasteiger partial charge in [0.05, 0.1) is 26.4 Å². The number of rotatable bonds is 6. The maximum Gasteiger partial charge on any atom is 0.355 e. The van der Waals surface area contributed by atoms with Crippen molar-refractivity contribution in [3.8, 4) is 11.5 Å². The summed E-state index contributed by atoms with van der Waals surface area (Å²) in [6.45, 7) is -0.312. The maximum absolute atomic E-state index is 12.5. The predicted octanol–water partition coefficient (Wildman–Crippen LogP) is 4.11. The van der Waals surface area contributed by atoms with E-state index in [2.05, 4.69) is 0 Å². The summed E-state index contributed by atoms with van der Waals surface area (Å²) in [6.07, 6.45) is 6.35. The summed E-state index contributed by atoms with van der Waals surface area (Å²) in [5.74, 6) is -0.421. The fourth-order valence-corrected chi connectivity index (χ4v) is 3.06. The Labute approximate surface area is 184 Å². The second-order valence-corrected chi connectivity index (χ2v) is 6.76. The van der Waals surface area contributed by atoms with Gasteiger partial charge < -0.3 is 24.2 Å². The van der Waals surface area contributed by atoms with E-state index in [0.29, 0.717) is 27.8 Å². The van der Waals surface area contributed by atoms with Crippen LogP contribution in [0, 0.1) is 0 Å². The van der Waals surface area contributed by atoms with Crippen molar-refractivity contribution in [1.29, 1.82) is 0 Å². The molecule has 0 radical (unpaired) electrons. The largest absolute Gasteiger partial charge is 0.465 e. The second kappa shape index (κ2) is 9.97. The molecule has 1 heterocycles. The van der Waals surface area contributed by atoms with Gasteiger partial charge in [-0.25, -0.2) is 9.59 Å². The van der Waals surface area contributed by atoms with Crippen molar-refractivity contribution in [2.45, 2.75) is 6.61 Å². The number of benzene rings is 2. The number of aliphatic hydroxyl groups excluding tert-OH is 1. The number of halogens is 1. The number of esters is 2. The molecule has 2 aromatic carbocycles. The Morgan fingerprint density at radius 2 is 1.71 bits per heavy atom. The number of nitrogens with zero attached hydrogens (tertiary/aromatic N) is 1. The highest BCUT2D eigenvalue weighted by Crippen LogP contribution is 2.33. The minimum Gasteiger partial charge on any atom is -0.465 e. The van der Waals surface area contributed by atoms with Crippen LogP contribution in [0.2, 0.25) is 5.02 Å². The lowest BCUT2D eigenvalue weighted by Gasteiger charge is -2.24. The first-order valence-electron chi connectivity index (χ1n) is 9.20. The molecule has 0 bridgehead atoms. The Bertz CT molecular complexity index is 1070. The monoisotopic (exact) mass is 441 g/mol. The first-order valence-corrected chi connectivity index (χ1v) is 9.58. The third kappa shape index (κ3) is 4.96. The summed E-state index contributed by atoms with van der Waals surface area (Å²) >= 11 is 5.90. The Balaban J connectivity index is 2.04. The number of anilines is 1. The molecule has 1 aliphatic heterocycles. The summed E-state index contributed by atoms with van der Waals surface area (Å²) in [5, 5.41) is 10.5. The van der Waals surface area contributed by atoms with Gasteiger partial charge in [0.2, 0.25) is 0 Å². The maximum atomic E-state index is 12.5. The molecule has 0 fully saturated rings. The van der Waals surface area contributed by atoms with Crippen LogP contribution >= 0.6 is 11.6 Å². The van der Waals surface area contributed by atoms with Crippen molar-refractivity contribution >= 4 is 29.2 Å². The minimum atomic E-state index is -0.719. The van der Waals surface area contributed by atoms with E-state index in [1.54, 1.807) is 60.8 Å². The van der Waals surface area contributed by atoms with Gasteiger partial charge in [0.15, 0.2) is 0 Å². The van der Waals surface area contributed by atoms with E-state index < -0.39 is 11.9 Å². The molecule has 0 aromatic heterocycles. The Kier molecular flexibility index (Phi) is 7.12. The molecule has 3 rings (SSSR count). The lowest BCUT2D eigenvalue weighted by atomic mass is 10.1. The molecule has 0 saturated heterocycles. The molecule has 0 spiro atoms. The zero-order valence-electron chi connectivity index (χ0n) is 16.9. The van der Waals surface area contributed by atoms with Crippen LogP contribution in [0.15, 0.2) is 78.2 Å². The molecule has 1 N–H and O–H groups in total. The van der Waals surface area contributed by atoms with E-state index >= 15 is 0 Å². The average Bonchev–Trinajstić information content (AvgIpc) is 3.02. The SMILES string of the molecule is COC(=O)C1=C(C(=O)OC)N(c2ccc(Oc3ccc(Cl)cc3)c(CO)c2)C=CC=C1. The summed E-state index contributed by atoms with van der Waals surface area (Å²) in [4.78, 5) is 26.3. The molecule has 31 heavy (non-hydrogen) atoms. The van der Waals surface area contributed by atoms with Gasteiger partial charge in [0.25, 0.3) is 0 Å². The molecule has 1 aliphatic rings. The van der Waals surface area contributed by atoms with E-state index in [-0.39, 0.29) is 17.9 Å². The third-order valence-corrected chi connectivity index (χ3v) is 4.68.